The number of hydrogen-bond donors (Lipinski definition) is 2. The Kier molecular flexibility index (Phi) is 10.4. The summed E-state index contributed by atoms with van der Waals surface area (Å²) in [5, 5.41) is 11.6. The molecular formula is C24H36FIN6O. The Hall–Kier alpha value is -1.72. The van der Waals surface area contributed by atoms with Gasteiger partial charge < -0.3 is 20.3 Å². The molecule has 0 bridgehead atoms. The Morgan fingerprint density at radius 3 is 2.67 bits per heavy atom. The van der Waals surface area contributed by atoms with Gasteiger partial charge in [-0.3, -0.25) is 4.99 Å². The average molecular weight is 570 g/mol. The lowest BCUT2D eigenvalue weighted by Crippen LogP contribution is -2.49. The highest BCUT2D eigenvalue weighted by molar-refractivity contribution is 14.0. The predicted molar refractivity (Wildman–Crippen MR) is 140 cm³/mol. The summed E-state index contributed by atoms with van der Waals surface area (Å²) in [7, 11) is 0. The molecular weight excluding hydrogens is 534 g/mol. The van der Waals surface area contributed by atoms with Crippen molar-refractivity contribution in [2.45, 2.75) is 38.6 Å². The molecule has 0 aliphatic carbocycles. The standard InChI is InChI=1S/C24H35FN6O.HI/c1-2-26-24(28-21-8-13-30(14-9-21)17-19-11-16-32-18-19)27-12-7-22-10-15-31(29-22)23-5-3-20(25)4-6-23;/h3-6,10,15,19,21H,2,7-9,11-14,16-18H2,1H3,(H2,26,27,28);1H. The van der Waals surface area contributed by atoms with E-state index < -0.39 is 0 Å². The van der Waals surface area contributed by atoms with E-state index in [0.717, 1.165) is 69.5 Å². The third kappa shape index (κ3) is 7.92. The highest BCUT2D eigenvalue weighted by atomic mass is 127. The number of hydrogen-bond acceptors (Lipinski definition) is 4. The van der Waals surface area contributed by atoms with E-state index in [1.54, 1.807) is 16.8 Å². The molecule has 0 amide bonds. The fraction of sp³-hybridized carbons (Fsp3) is 0.583. The van der Waals surface area contributed by atoms with Crippen LogP contribution >= 0.6 is 24.0 Å². The van der Waals surface area contributed by atoms with Crippen LogP contribution in [0.25, 0.3) is 5.69 Å². The molecule has 182 valence electrons. The van der Waals surface area contributed by atoms with E-state index in [0.29, 0.717) is 18.5 Å². The first-order chi connectivity index (χ1) is 15.7. The van der Waals surface area contributed by atoms with Crippen molar-refractivity contribution in [1.82, 2.24) is 25.3 Å². The van der Waals surface area contributed by atoms with Gasteiger partial charge in [0, 0.05) is 58.0 Å². The summed E-state index contributed by atoms with van der Waals surface area (Å²) in [5.41, 5.74) is 1.82. The molecule has 7 nitrogen and oxygen atoms in total. The number of nitrogens with one attached hydrogen (secondary N) is 2. The van der Waals surface area contributed by atoms with Crippen LogP contribution < -0.4 is 10.6 Å². The second-order valence-electron chi connectivity index (χ2n) is 8.69. The Balaban J connectivity index is 0.00000306. The molecule has 1 unspecified atom stereocenters. The third-order valence-corrected chi connectivity index (χ3v) is 6.19. The van der Waals surface area contributed by atoms with Crippen LogP contribution in [0.1, 0.15) is 31.9 Å². The van der Waals surface area contributed by atoms with E-state index in [-0.39, 0.29) is 29.8 Å². The normalized spacial score (nSPS) is 19.9. The van der Waals surface area contributed by atoms with Gasteiger partial charge in [-0.2, -0.15) is 5.10 Å². The number of rotatable bonds is 8. The molecule has 0 saturated carbocycles. The van der Waals surface area contributed by atoms with E-state index in [9.17, 15) is 4.39 Å². The first-order valence-electron chi connectivity index (χ1n) is 11.8. The summed E-state index contributed by atoms with van der Waals surface area (Å²) in [6.07, 6.45) is 6.14. The summed E-state index contributed by atoms with van der Waals surface area (Å²) in [6, 6.07) is 8.80. The quantitative estimate of drug-likeness (QED) is 0.290. The van der Waals surface area contributed by atoms with Gasteiger partial charge in [-0.05, 0) is 62.4 Å². The topological polar surface area (TPSA) is 66.7 Å². The lowest BCUT2D eigenvalue weighted by Gasteiger charge is -2.34. The van der Waals surface area contributed by atoms with E-state index in [2.05, 4.69) is 27.6 Å². The van der Waals surface area contributed by atoms with Gasteiger partial charge in [-0.15, -0.1) is 24.0 Å². The van der Waals surface area contributed by atoms with Crippen molar-refractivity contribution in [3.8, 4) is 5.69 Å². The maximum Gasteiger partial charge on any atom is 0.191 e. The molecule has 2 aliphatic heterocycles. The lowest BCUT2D eigenvalue weighted by atomic mass is 10.0. The number of piperidine rings is 1. The number of aliphatic imine (C=N–C) groups is 1. The molecule has 1 aromatic heterocycles. The van der Waals surface area contributed by atoms with Crippen molar-refractivity contribution in [3.05, 3.63) is 48.0 Å². The zero-order valence-electron chi connectivity index (χ0n) is 19.4. The lowest BCUT2D eigenvalue weighted by molar-refractivity contribution is 0.150. The van der Waals surface area contributed by atoms with Gasteiger partial charge in [-0.1, -0.05) is 0 Å². The Bertz CT molecular complexity index is 860. The van der Waals surface area contributed by atoms with Gasteiger partial charge >= 0.3 is 0 Å². The SMILES string of the molecule is CCNC(=NCCc1ccn(-c2ccc(F)cc2)n1)NC1CCN(CC2CCOC2)CC1.I. The summed E-state index contributed by atoms with van der Waals surface area (Å²) >= 11 is 0. The molecule has 3 heterocycles. The fourth-order valence-electron chi connectivity index (χ4n) is 4.38. The van der Waals surface area contributed by atoms with E-state index in [1.165, 1.54) is 25.1 Å². The minimum absolute atomic E-state index is 0. The van der Waals surface area contributed by atoms with Crippen LogP contribution in [0.15, 0.2) is 41.5 Å². The van der Waals surface area contributed by atoms with Crippen molar-refractivity contribution >= 4 is 29.9 Å². The van der Waals surface area contributed by atoms with E-state index in [1.807, 2.05) is 12.3 Å². The smallest absolute Gasteiger partial charge is 0.191 e. The molecule has 9 heteroatoms. The monoisotopic (exact) mass is 570 g/mol. The largest absolute Gasteiger partial charge is 0.381 e. The molecule has 0 radical (unpaired) electrons. The maximum absolute atomic E-state index is 13.1. The zero-order valence-corrected chi connectivity index (χ0v) is 21.7. The third-order valence-electron chi connectivity index (χ3n) is 6.19. The van der Waals surface area contributed by atoms with Crippen LogP contribution in [-0.4, -0.2) is 72.6 Å². The second-order valence-corrected chi connectivity index (χ2v) is 8.69. The van der Waals surface area contributed by atoms with E-state index >= 15 is 0 Å². The van der Waals surface area contributed by atoms with Crippen molar-refractivity contribution in [3.63, 3.8) is 0 Å². The van der Waals surface area contributed by atoms with E-state index in [4.69, 9.17) is 9.73 Å². The Morgan fingerprint density at radius 2 is 1.97 bits per heavy atom. The van der Waals surface area contributed by atoms with Crippen LogP contribution in [-0.2, 0) is 11.2 Å². The van der Waals surface area contributed by atoms with Crippen LogP contribution in [0.4, 0.5) is 4.39 Å². The Labute approximate surface area is 213 Å². The van der Waals surface area contributed by atoms with Crippen LogP contribution in [0.5, 0.6) is 0 Å². The van der Waals surface area contributed by atoms with Crippen molar-refractivity contribution in [2.75, 3.05) is 45.9 Å². The molecule has 2 saturated heterocycles. The minimum Gasteiger partial charge on any atom is -0.381 e. The van der Waals surface area contributed by atoms with Crippen LogP contribution in [0.3, 0.4) is 0 Å². The van der Waals surface area contributed by atoms with Gasteiger partial charge in [0.05, 0.1) is 18.0 Å². The molecule has 1 atom stereocenters. The van der Waals surface area contributed by atoms with Gasteiger partial charge in [0.15, 0.2) is 5.96 Å². The molecule has 2 aromatic rings. The van der Waals surface area contributed by atoms with Gasteiger partial charge in [-0.25, -0.2) is 9.07 Å². The minimum atomic E-state index is -0.243. The summed E-state index contributed by atoms with van der Waals surface area (Å²) in [5.74, 6) is 1.35. The highest BCUT2D eigenvalue weighted by Gasteiger charge is 2.24. The fourth-order valence-corrected chi connectivity index (χ4v) is 4.38. The van der Waals surface area contributed by atoms with Gasteiger partial charge in [0.1, 0.15) is 5.82 Å². The number of nitrogens with zero attached hydrogens (tertiary/aromatic N) is 4. The van der Waals surface area contributed by atoms with Crippen molar-refractivity contribution in [2.24, 2.45) is 10.9 Å². The number of guanidine groups is 1. The number of likely N-dealkylation sites (tertiary alicyclic amines) is 1. The number of ether oxygens (including phenoxy) is 1. The maximum atomic E-state index is 13.1. The summed E-state index contributed by atoms with van der Waals surface area (Å²) in [4.78, 5) is 7.35. The molecule has 2 fully saturated rings. The first kappa shape index (κ1) is 25.9. The second kappa shape index (κ2) is 13.2. The molecule has 1 aromatic carbocycles. The average Bonchev–Trinajstić information content (AvgIpc) is 3.48. The van der Waals surface area contributed by atoms with Gasteiger partial charge in [0.2, 0.25) is 0 Å². The van der Waals surface area contributed by atoms with Crippen LogP contribution in [0, 0.1) is 11.7 Å². The molecule has 4 rings (SSSR count). The molecule has 33 heavy (non-hydrogen) atoms. The predicted octanol–water partition coefficient (Wildman–Crippen LogP) is 3.23. The number of aromatic nitrogens is 2. The highest BCUT2D eigenvalue weighted by Crippen LogP contribution is 2.17. The molecule has 2 aliphatic rings. The number of halogens is 2. The Morgan fingerprint density at radius 1 is 1.18 bits per heavy atom. The van der Waals surface area contributed by atoms with Gasteiger partial charge in [0.25, 0.3) is 0 Å². The molecule has 2 N–H and O–H groups in total. The first-order valence-corrected chi connectivity index (χ1v) is 11.8. The summed E-state index contributed by atoms with van der Waals surface area (Å²) < 4.78 is 20.4. The summed E-state index contributed by atoms with van der Waals surface area (Å²) in [6.45, 7) is 8.89. The molecule has 0 spiro atoms. The zero-order chi connectivity index (χ0) is 22.2. The van der Waals surface area contributed by atoms with Crippen LogP contribution in [0.2, 0.25) is 0 Å². The van der Waals surface area contributed by atoms with Crippen molar-refractivity contribution < 1.29 is 9.13 Å². The number of benzene rings is 1. The van der Waals surface area contributed by atoms with Crippen molar-refractivity contribution in [1.29, 1.82) is 0 Å².